The lowest BCUT2D eigenvalue weighted by molar-refractivity contribution is -0.161. The minimum absolute atomic E-state index is 0.0414. The minimum Gasteiger partial charge on any atom is -0.288 e. The van der Waals surface area contributed by atoms with Crippen LogP contribution in [0.5, 0.6) is 0 Å². The summed E-state index contributed by atoms with van der Waals surface area (Å²) in [5.74, 6) is -6.53. The van der Waals surface area contributed by atoms with E-state index in [4.69, 9.17) is 0 Å². The fourth-order valence-electron chi connectivity index (χ4n) is 0.393. The van der Waals surface area contributed by atoms with Crippen LogP contribution >= 0.6 is 12.6 Å². The average Bonchev–Trinajstić information content (AvgIpc) is 1.85. The molecular formula is C6H6F4OS. The monoisotopic (exact) mass is 202 g/mol. The molecule has 0 fully saturated rings. The predicted octanol–water partition coefficient (Wildman–Crippen LogP) is 2.29. The standard InChI is InChI=1S/C6H6F4OS/c1-3(12)2-4(11)6(9,10)5(7)8/h2,5,12H,1H3. The van der Waals surface area contributed by atoms with Crippen molar-refractivity contribution < 1.29 is 22.4 Å². The Bertz CT molecular complexity index is 208. The molecule has 0 aliphatic rings. The molecule has 0 saturated heterocycles. The molecule has 0 aliphatic heterocycles. The van der Waals surface area contributed by atoms with Gasteiger partial charge >= 0.3 is 12.3 Å². The fraction of sp³-hybridized carbons (Fsp3) is 0.500. The first-order valence-corrected chi connectivity index (χ1v) is 3.31. The molecule has 0 aromatic heterocycles. The Morgan fingerprint density at radius 2 is 1.92 bits per heavy atom. The normalized spacial score (nSPS) is 13.8. The van der Waals surface area contributed by atoms with E-state index in [0.29, 0.717) is 6.08 Å². The van der Waals surface area contributed by atoms with Gasteiger partial charge in [-0.2, -0.15) is 8.78 Å². The van der Waals surface area contributed by atoms with E-state index in [2.05, 4.69) is 12.6 Å². The van der Waals surface area contributed by atoms with E-state index in [9.17, 15) is 22.4 Å². The zero-order valence-electron chi connectivity index (χ0n) is 6.02. The van der Waals surface area contributed by atoms with E-state index >= 15 is 0 Å². The van der Waals surface area contributed by atoms with E-state index in [1.54, 1.807) is 0 Å². The highest BCUT2D eigenvalue weighted by atomic mass is 32.1. The van der Waals surface area contributed by atoms with Crippen LogP contribution in [0.25, 0.3) is 0 Å². The number of alkyl halides is 4. The van der Waals surface area contributed by atoms with Gasteiger partial charge in [-0.05, 0) is 17.9 Å². The number of thiol groups is 1. The number of carbonyl (C=O) groups excluding carboxylic acids is 1. The maximum absolute atomic E-state index is 12.1. The molecule has 0 spiro atoms. The highest BCUT2D eigenvalue weighted by Gasteiger charge is 2.47. The first-order chi connectivity index (χ1) is 5.28. The molecule has 0 heterocycles. The van der Waals surface area contributed by atoms with Crippen molar-refractivity contribution in [3.63, 3.8) is 0 Å². The Morgan fingerprint density at radius 3 is 2.17 bits per heavy atom. The van der Waals surface area contributed by atoms with Crippen molar-refractivity contribution in [1.29, 1.82) is 0 Å². The summed E-state index contributed by atoms with van der Waals surface area (Å²) in [6.45, 7) is 1.24. The van der Waals surface area contributed by atoms with E-state index in [0.717, 1.165) is 0 Å². The number of halogens is 4. The van der Waals surface area contributed by atoms with Gasteiger partial charge in [-0.25, -0.2) is 8.78 Å². The van der Waals surface area contributed by atoms with E-state index < -0.39 is 18.1 Å². The molecular weight excluding hydrogens is 196 g/mol. The Hall–Kier alpha value is -0.520. The summed E-state index contributed by atoms with van der Waals surface area (Å²) in [7, 11) is 0. The largest absolute Gasteiger partial charge is 0.368 e. The molecule has 0 radical (unpaired) electrons. The lowest BCUT2D eigenvalue weighted by Gasteiger charge is -2.10. The number of hydrogen-bond acceptors (Lipinski definition) is 2. The zero-order chi connectivity index (χ0) is 9.94. The topological polar surface area (TPSA) is 17.1 Å². The molecule has 0 aromatic carbocycles. The Balaban J connectivity index is 4.59. The fourth-order valence-corrected chi connectivity index (χ4v) is 0.511. The van der Waals surface area contributed by atoms with Gasteiger partial charge in [0.2, 0.25) is 5.78 Å². The van der Waals surface area contributed by atoms with Crippen molar-refractivity contribution in [3.8, 4) is 0 Å². The lowest BCUT2D eigenvalue weighted by Crippen LogP contribution is -2.35. The molecule has 0 rings (SSSR count). The van der Waals surface area contributed by atoms with Crippen molar-refractivity contribution in [2.75, 3.05) is 0 Å². The van der Waals surface area contributed by atoms with Crippen LogP contribution in [0, 0.1) is 0 Å². The van der Waals surface area contributed by atoms with Crippen LogP contribution in [-0.4, -0.2) is 18.1 Å². The minimum atomic E-state index is -4.61. The first kappa shape index (κ1) is 11.5. The molecule has 0 bridgehead atoms. The molecule has 6 heteroatoms. The van der Waals surface area contributed by atoms with Crippen LogP contribution in [0.1, 0.15) is 6.92 Å². The van der Waals surface area contributed by atoms with Gasteiger partial charge in [0.15, 0.2) is 0 Å². The molecule has 0 N–H and O–H groups in total. The Labute approximate surface area is 71.9 Å². The van der Waals surface area contributed by atoms with E-state index in [-0.39, 0.29) is 4.91 Å². The maximum Gasteiger partial charge on any atom is 0.368 e. The summed E-state index contributed by atoms with van der Waals surface area (Å²) in [6.07, 6.45) is -3.61. The average molecular weight is 202 g/mol. The first-order valence-electron chi connectivity index (χ1n) is 2.86. The molecule has 1 nitrogen and oxygen atoms in total. The van der Waals surface area contributed by atoms with Crippen molar-refractivity contribution in [2.24, 2.45) is 0 Å². The van der Waals surface area contributed by atoms with Gasteiger partial charge in [0.1, 0.15) is 0 Å². The van der Waals surface area contributed by atoms with E-state index in [1.165, 1.54) is 6.92 Å². The molecule has 0 unspecified atom stereocenters. The molecule has 0 aliphatic carbocycles. The lowest BCUT2D eigenvalue weighted by atomic mass is 10.2. The molecule has 12 heavy (non-hydrogen) atoms. The number of ketones is 1. The van der Waals surface area contributed by atoms with Gasteiger partial charge in [0.25, 0.3) is 0 Å². The molecule has 0 amide bonds. The predicted molar refractivity (Wildman–Crippen MR) is 38.7 cm³/mol. The van der Waals surface area contributed by atoms with Crippen LogP contribution in [0.15, 0.2) is 11.0 Å². The second-order valence-electron chi connectivity index (χ2n) is 2.07. The summed E-state index contributed by atoms with van der Waals surface area (Å²) < 4.78 is 47.2. The van der Waals surface area contributed by atoms with Crippen LogP contribution in [0.3, 0.4) is 0 Å². The second-order valence-corrected chi connectivity index (χ2v) is 2.78. The number of carbonyl (C=O) groups is 1. The highest BCUT2D eigenvalue weighted by molar-refractivity contribution is 7.84. The quantitative estimate of drug-likeness (QED) is 0.422. The zero-order valence-corrected chi connectivity index (χ0v) is 6.92. The van der Waals surface area contributed by atoms with Crippen LogP contribution in [-0.2, 0) is 4.79 Å². The third-order valence-corrected chi connectivity index (χ3v) is 1.07. The van der Waals surface area contributed by atoms with Gasteiger partial charge < -0.3 is 0 Å². The SMILES string of the molecule is CC(S)=CC(=O)C(F)(F)C(F)F. The molecule has 0 atom stereocenters. The van der Waals surface area contributed by atoms with Gasteiger partial charge in [-0.15, -0.1) is 12.6 Å². The van der Waals surface area contributed by atoms with Crippen LogP contribution in [0.4, 0.5) is 17.6 Å². The van der Waals surface area contributed by atoms with Crippen molar-refractivity contribution in [3.05, 3.63) is 11.0 Å². The summed E-state index contributed by atoms with van der Waals surface area (Å²) in [4.78, 5) is 10.3. The highest BCUT2D eigenvalue weighted by Crippen LogP contribution is 2.24. The van der Waals surface area contributed by atoms with Crippen LogP contribution < -0.4 is 0 Å². The third-order valence-electron chi connectivity index (χ3n) is 0.943. The summed E-state index contributed by atoms with van der Waals surface area (Å²) in [6, 6.07) is 0. The van der Waals surface area contributed by atoms with Gasteiger partial charge in [-0.3, -0.25) is 4.79 Å². The van der Waals surface area contributed by atoms with E-state index in [1.807, 2.05) is 0 Å². The third kappa shape index (κ3) is 2.84. The second kappa shape index (κ2) is 3.93. The number of hydrogen-bond donors (Lipinski definition) is 1. The van der Waals surface area contributed by atoms with Gasteiger partial charge in [0, 0.05) is 0 Å². The molecule has 0 aromatic rings. The molecule has 0 saturated carbocycles. The van der Waals surface area contributed by atoms with Crippen molar-refractivity contribution >= 4 is 18.4 Å². The van der Waals surface area contributed by atoms with Crippen molar-refractivity contribution in [1.82, 2.24) is 0 Å². The molecule has 70 valence electrons. The smallest absolute Gasteiger partial charge is 0.288 e. The van der Waals surface area contributed by atoms with Gasteiger partial charge in [0.05, 0.1) is 0 Å². The number of rotatable bonds is 3. The summed E-state index contributed by atoms with van der Waals surface area (Å²) in [5, 5.41) is 0. The summed E-state index contributed by atoms with van der Waals surface area (Å²) >= 11 is 3.50. The summed E-state index contributed by atoms with van der Waals surface area (Å²) in [5.41, 5.74) is 0. The van der Waals surface area contributed by atoms with Crippen molar-refractivity contribution in [2.45, 2.75) is 19.3 Å². The Morgan fingerprint density at radius 1 is 1.50 bits per heavy atom. The van der Waals surface area contributed by atoms with Crippen LogP contribution in [0.2, 0.25) is 0 Å². The Kier molecular flexibility index (Phi) is 3.76. The van der Waals surface area contributed by atoms with Gasteiger partial charge in [-0.1, -0.05) is 0 Å². The number of allylic oxidation sites excluding steroid dienone is 2. The maximum atomic E-state index is 12.1.